The van der Waals surface area contributed by atoms with Crippen LogP contribution in [0.1, 0.15) is 38.2 Å². The predicted molar refractivity (Wildman–Crippen MR) is 124 cm³/mol. The molecule has 2 saturated heterocycles. The van der Waals surface area contributed by atoms with Crippen molar-refractivity contribution in [3.05, 3.63) is 33.4 Å². The van der Waals surface area contributed by atoms with E-state index in [2.05, 4.69) is 53.8 Å². The van der Waals surface area contributed by atoms with Gasteiger partial charge in [0.1, 0.15) is 0 Å². The Morgan fingerprint density at radius 3 is 2.62 bits per heavy atom. The first-order chi connectivity index (χ1) is 13.7. The van der Waals surface area contributed by atoms with Crippen LogP contribution >= 0.6 is 22.6 Å². The van der Waals surface area contributed by atoms with Gasteiger partial charge < -0.3 is 18.9 Å². The molecule has 0 unspecified atom stereocenters. The van der Waals surface area contributed by atoms with Crippen LogP contribution in [-0.2, 0) is 16.0 Å². The van der Waals surface area contributed by atoms with Gasteiger partial charge in [-0.1, -0.05) is 19.1 Å². The third kappa shape index (κ3) is 5.60. The van der Waals surface area contributed by atoms with E-state index in [9.17, 15) is 9.90 Å². The smallest absolute Gasteiger partial charge is 0.246 e. The molecule has 29 heavy (non-hydrogen) atoms. The lowest BCUT2D eigenvalue weighted by Gasteiger charge is -2.30. The summed E-state index contributed by atoms with van der Waals surface area (Å²) in [6.45, 7) is 6.25. The molecule has 2 aliphatic rings. The third-order valence-electron chi connectivity index (χ3n) is 6.61. The number of aliphatic hydroxyl groups excluding tert-OH is 1. The zero-order valence-electron chi connectivity index (χ0n) is 17.6. The number of likely N-dealkylation sites (tertiary alicyclic amines) is 1. The minimum absolute atomic E-state index is 0.000264. The maximum atomic E-state index is 15.2. The van der Waals surface area contributed by atoms with Gasteiger partial charge in [0.25, 0.3) is 0 Å². The van der Waals surface area contributed by atoms with Crippen LogP contribution in [0.3, 0.4) is 0 Å². The van der Waals surface area contributed by atoms with Crippen LogP contribution in [-0.4, -0.2) is 55.7 Å². The number of benzene rings is 1. The van der Waals surface area contributed by atoms with E-state index in [1.165, 1.54) is 9.13 Å². The molecule has 0 aromatic heterocycles. The van der Waals surface area contributed by atoms with Crippen LogP contribution < -0.4 is 0 Å². The first-order valence-corrected chi connectivity index (χ1v) is 14.7. The molecule has 2 heterocycles. The van der Waals surface area contributed by atoms with E-state index in [1.54, 1.807) is 18.0 Å². The lowest BCUT2D eigenvalue weighted by molar-refractivity contribution is -0.135. The van der Waals surface area contributed by atoms with Crippen LogP contribution in [0.25, 0.3) is 0 Å². The maximum absolute atomic E-state index is 15.2. The molecule has 1 aromatic rings. The van der Waals surface area contributed by atoms with Gasteiger partial charge in [-0.2, -0.15) is 0 Å². The SMILES string of the molecule is C[C@@H]1[C@@H]([Si](C)(C)F)[C@H](CC(=O)N2CCC[C@H]2CO)O[C@@H]1CCc1ccc(I)cc1. The van der Waals surface area contributed by atoms with Crippen molar-refractivity contribution < 1.29 is 18.7 Å². The van der Waals surface area contributed by atoms with Gasteiger partial charge in [0.15, 0.2) is 0 Å². The molecule has 2 aliphatic heterocycles. The second-order valence-electron chi connectivity index (χ2n) is 9.10. The summed E-state index contributed by atoms with van der Waals surface area (Å²) in [5.41, 5.74) is 1.08. The average molecular weight is 533 g/mol. The Balaban J connectivity index is 1.67. The largest absolute Gasteiger partial charge is 0.394 e. The monoisotopic (exact) mass is 533 g/mol. The summed E-state index contributed by atoms with van der Waals surface area (Å²) in [5.74, 6) is 0.107. The quantitative estimate of drug-likeness (QED) is 0.318. The van der Waals surface area contributed by atoms with Crippen LogP contribution in [0.4, 0.5) is 4.11 Å². The van der Waals surface area contributed by atoms with E-state index in [-0.39, 0.29) is 48.6 Å². The van der Waals surface area contributed by atoms with Crippen molar-refractivity contribution in [1.82, 2.24) is 4.90 Å². The summed E-state index contributed by atoms with van der Waals surface area (Å²) in [6, 6.07) is 8.38. The molecule has 0 saturated carbocycles. The molecular formula is C22H33FINO3Si. The highest BCUT2D eigenvalue weighted by Crippen LogP contribution is 2.47. The summed E-state index contributed by atoms with van der Waals surface area (Å²) >= 11 is 2.30. The van der Waals surface area contributed by atoms with Gasteiger partial charge in [-0.25, -0.2) is 0 Å². The van der Waals surface area contributed by atoms with Crippen molar-refractivity contribution in [2.24, 2.45) is 5.92 Å². The second-order valence-corrected chi connectivity index (χ2v) is 14.1. The number of carbonyl (C=O) groups excluding carboxylic acids is 1. The number of hydrogen-bond acceptors (Lipinski definition) is 3. The van der Waals surface area contributed by atoms with Crippen molar-refractivity contribution >= 4 is 36.9 Å². The van der Waals surface area contributed by atoms with E-state index in [4.69, 9.17) is 4.74 Å². The molecule has 3 rings (SSSR count). The zero-order chi connectivity index (χ0) is 21.2. The van der Waals surface area contributed by atoms with Gasteiger partial charge in [0.2, 0.25) is 14.3 Å². The topological polar surface area (TPSA) is 49.8 Å². The fourth-order valence-corrected chi connectivity index (χ4v) is 8.08. The van der Waals surface area contributed by atoms with Gasteiger partial charge in [0, 0.05) is 15.7 Å². The number of ether oxygens (including phenoxy) is 1. The highest BCUT2D eigenvalue weighted by Gasteiger charge is 2.51. The van der Waals surface area contributed by atoms with Gasteiger partial charge in [-0.05, 0) is 85.0 Å². The molecule has 1 N–H and O–H groups in total. The van der Waals surface area contributed by atoms with Crippen molar-refractivity contribution in [2.45, 2.75) is 75.9 Å². The van der Waals surface area contributed by atoms with Gasteiger partial charge >= 0.3 is 0 Å². The Labute approximate surface area is 188 Å². The number of carbonyl (C=O) groups is 1. The minimum atomic E-state index is -2.99. The average Bonchev–Trinajstić information content (AvgIpc) is 3.25. The number of hydrogen-bond donors (Lipinski definition) is 1. The van der Waals surface area contributed by atoms with Crippen LogP contribution in [0.5, 0.6) is 0 Å². The number of aliphatic hydroxyl groups is 1. The molecule has 162 valence electrons. The lowest BCUT2D eigenvalue weighted by Crippen LogP contribution is -2.42. The van der Waals surface area contributed by atoms with E-state index >= 15 is 4.11 Å². The minimum Gasteiger partial charge on any atom is -0.394 e. The zero-order valence-corrected chi connectivity index (χ0v) is 20.8. The normalized spacial score (nSPS) is 30.1. The Hall–Kier alpha value is -0.513. The van der Waals surface area contributed by atoms with Crippen LogP contribution in [0, 0.1) is 9.49 Å². The fourth-order valence-electron chi connectivity index (χ4n) is 5.18. The Morgan fingerprint density at radius 1 is 1.31 bits per heavy atom. The number of nitrogens with zero attached hydrogens (tertiary/aromatic N) is 1. The van der Waals surface area contributed by atoms with Crippen molar-refractivity contribution in [1.29, 1.82) is 0 Å². The van der Waals surface area contributed by atoms with E-state index in [1.807, 2.05) is 0 Å². The number of aryl methyl sites for hydroxylation is 1. The first-order valence-electron chi connectivity index (χ1n) is 10.7. The highest BCUT2D eigenvalue weighted by molar-refractivity contribution is 14.1. The molecule has 0 aliphatic carbocycles. The molecule has 7 heteroatoms. The maximum Gasteiger partial charge on any atom is 0.246 e. The molecular weight excluding hydrogens is 500 g/mol. The molecule has 2 fully saturated rings. The van der Waals surface area contributed by atoms with Crippen molar-refractivity contribution in [2.75, 3.05) is 13.2 Å². The molecule has 1 aromatic carbocycles. The summed E-state index contributed by atoms with van der Waals surface area (Å²) in [6.07, 6.45) is 3.35. The highest BCUT2D eigenvalue weighted by atomic mass is 127. The van der Waals surface area contributed by atoms with Crippen molar-refractivity contribution in [3.8, 4) is 0 Å². The van der Waals surface area contributed by atoms with Gasteiger partial charge in [0.05, 0.1) is 31.3 Å². The molecule has 1 amide bonds. The molecule has 5 atom stereocenters. The molecule has 0 bridgehead atoms. The summed E-state index contributed by atoms with van der Waals surface area (Å²) in [4.78, 5) is 14.7. The number of halogens is 2. The van der Waals surface area contributed by atoms with Gasteiger partial charge in [-0.15, -0.1) is 0 Å². The Morgan fingerprint density at radius 2 is 2.00 bits per heavy atom. The Kier molecular flexibility index (Phi) is 7.78. The fraction of sp³-hybridized carbons (Fsp3) is 0.682. The number of amides is 1. The molecule has 0 spiro atoms. The Bertz CT molecular complexity index is 696. The van der Waals surface area contributed by atoms with Crippen LogP contribution in [0.2, 0.25) is 18.6 Å². The van der Waals surface area contributed by atoms with Crippen LogP contribution in [0.15, 0.2) is 24.3 Å². The summed E-state index contributed by atoms with van der Waals surface area (Å²) < 4.78 is 22.8. The molecule has 0 radical (unpaired) electrons. The number of rotatable bonds is 7. The first kappa shape index (κ1) is 23.2. The van der Waals surface area contributed by atoms with E-state index in [0.29, 0.717) is 6.54 Å². The summed E-state index contributed by atoms with van der Waals surface area (Å²) in [5, 5.41) is 9.53. The standard InChI is InChI=1S/C22H33FINO3Si/c1-15-19(11-8-16-6-9-17(24)10-7-16)28-20(22(15)29(2,3)23)13-21(27)25-12-4-5-18(25)14-26/h6-7,9-10,15,18-20,22,26H,4-5,8,11-14H2,1-3H3/t15-,18-,19+,20-,22+/m0/s1. The molecule has 4 nitrogen and oxygen atoms in total. The third-order valence-corrected chi connectivity index (χ3v) is 9.81. The van der Waals surface area contributed by atoms with E-state index < -0.39 is 8.41 Å². The van der Waals surface area contributed by atoms with Gasteiger partial charge in [-0.3, -0.25) is 4.79 Å². The predicted octanol–water partition coefficient (Wildman–Crippen LogP) is 4.55. The second kappa shape index (κ2) is 9.74. The van der Waals surface area contributed by atoms with E-state index in [0.717, 1.165) is 25.7 Å². The van der Waals surface area contributed by atoms with Crippen molar-refractivity contribution in [3.63, 3.8) is 0 Å². The summed E-state index contributed by atoms with van der Waals surface area (Å²) in [7, 11) is -2.99. The lowest BCUT2D eigenvalue weighted by atomic mass is 9.95.